The number of amides is 4. The standard InChI is InChI=1S/C12H24N6O2.C9H9NO2.C7H14N2O/c1-2-3-4-5-6-7-8-10(15-9-19)11(20)16-12(17-13)18-14;11-9(12)10-5-7-3-1-2-4-8(7)6-10;1-6-3-2-4-9(6)7(10)5-8/h6-7,9-10H,2-5,8,13-14H2,1H3,(H,15,19)(H2,16,17,18,20);1-4H,5-6H2,(H,11,12);6H,2-5,8H2,1H3/b7-6-;;. The Morgan fingerprint density at radius 2 is 1.83 bits per heavy atom. The summed E-state index contributed by atoms with van der Waals surface area (Å²) in [5.74, 6) is 9.67. The number of unbranched alkanes of at least 4 members (excludes halogenated alkanes) is 3. The Morgan fingerprint density at radius 3 is 2.31 bits per heavy atom. The average molecular weight is 590 g/mol. The number of hydrogen-bond donors (Lipinski definition) is 7. The topological polar surface area (TPSA) is 222 Å². The van der Waals surface area contributed by atoms with Gasteiger partial charge in [-0.3, -0.25) is 30.0 Å². The van der Waals surface area contributed by atoms with Crippen molar-refractivity contribution in [3.05, 3.63) is 47.5 Å². The summed E-state index contributed by atoms with van der Waals surface area (Å²) in [5.41, 5.74) is 9.60. The van der Waals surface area contributed by atoms with Crippen LogP contribution < -0.4 is 33.5 Å². The smallest absolute Gasteiger partial charge is 0.407 e. The second-order valence-corrected chi connectivity index (χ2v) is 9.84. The number of hydrogen-bond acceptors (Lipinski definition) is 8. The third kappa shape index (κ3) is 13.0. The molecule has 2 heterocycles. The van der Waals surface area contributed by atoms with Crippen molar-refractivity contribution >= 4 is 30.3 Å². The van der Waals surface area contributed by atoms with Crippen LogP contribution in [-0.2, 0) is 27.5 Å². The van der Waals surface area contributed by atoms with Gasteiger partial charge in [0, 0.05) is 25.7 Å². The average Bonchev–Trinajstić information content (AvgIpc) is 3.63. The van der Waals surface area contributed by atoms with Crippen LogP contribution in [0.1, 0.15) is 69.9 Å². The molecule has 4 amide bonds. The zero-order chi connectivity index (χ0) is 31.3. The number of hydrazine groups is 1. The summed E-state index contributed by atoms with van der Waals surface area (Å²) in [6, 6.07) is 7.53. The molecular formula is C28H47N9O5. The lowest BCUT2D eigenvalue weighted by atomic mass is 10.1. The minimum atomic E-state index is -0.841. The van der Waals surface area contributed by atoms with Gasteiger partial charge in [0.25, 0.3) is 0 Å². The molecule has 0 bridgehead atoms. The number of likely N-dealkylation sites (tertiary alicyclic amines) is 1. The van der Waals surface area contributed by atoms with Gasteiger partial charge in [-0.05, 0) is 50.2 Å². The number of benzene rings is 1. The summed E-state index contributed by atoms with van der Waals surface area (Å²) >= 11 is 0. The van der Waals surface area contributed by atoms with Gasteiger partial charge in [0.1, 0.15) is 6.04 Å². The first-order chi connectivity index (χ1) is 20.2. The van der Waals surface area contributed by atoms with Crippen molar-refractivity contribution in [3.63, 3.8) is 0 Å². The van der Waals surface area contributed by atoms with E-state index >= 15 is 0 Å². The zero-order valence-corrected chi connectivity index (χ0v) is 24.6. The van der Waals surface area contributed by atoms with Crippen molar-refractivity contribution in [1.82, 2.24) is 25.9 Å². The lowest BCUT2D eigenvalue weighted by Gasteiger charge is -2.19. The highest BCUT2D eigenvalue weighted by molar-refractivity contribution is 5.99. The predicted molar refractivity (Wildman–Crippen MR) is 161 cm³/mol. The highest BCUT2D eigenvalue weighted by Gasteiger charge is 2.23. The van der Waals surface area contributed by atoms with Crippen molar-refractivity contribution < 1.29 is 24.3 Å². The molecule has 2 atom stereocenters. The molecule has 0 saturated carbocycles. The minimum absolute atomic E-state index is 0.0698. The maximum Gasteiger partial charge on any atom is 0.407 e. The van der Waals surface area contributed by atoms with E-state index in [0.717, 1.165) is 43.4 Å². The molecule has 10 N–H and O–H groups in total. The van der Waals surface area contributed by atoms with E-state index in [4.69, 9.17) is 22.5 Å². The third-order valence-electron chi connectivity index (χ3n) is 6.77. The number of guanidine groups is 1. The summed E-state index contributed by atoms with van der Waals surface area (Å²) in [7, 11) is 0. The number of carbonyl (C=O) groups excluding carboxylic acids is 3. The number of fused-ring (bicyclic) bond motifs is 1. The van der Waals surface area contributed by atoms with Crippen LogP contribution in [0.2, 0.25) is 0 Å². The Hall–Kier alpha value is -4.17. The number of hydrazone groups is 1. The van der Waals surface area contributed by atoms with Crippen molar-refractivity contribution in [1.29, 1.82) is 0 Å². The molecule has 0 aromatic heterocycles. The minimum Gasteiger partial charge on any atom is -0.465 e. The second kappa shape index (κ2) is 20.7. The van der Waals surface area contributed by atoms with Gasteiger partial charge >= 0.3 is 6.09 Å². The number of allylic oxidation sites excluding steroid dienone is 1. The molecule has 1 fully saturated rings. The Kier molecular flexibility index (Phi) is 17.6. The molecule has 3 rings (SSSR count). The molecule has 1 aromatic carbocycles. The normalized spacial score (nSPS) is 16.4. The fourth-order valence-electron chi connectivity index (χ4n) is 4.39. The maximum absolute atomic E-state index is 11.8. The van der Waals surface area contributed by atoms with Crippen molar-refractivity contribution in [2.75, 3.05) is 13.1 Å². The van der Waals surface area contributed by atoms with Gasteiger partial charge < -0.3 is 26.9 Å². The summed E-state index contributed by atoms with van der Waals surface area (Å²) in [6.07, 6.45) is 10.6. The van der Waals surface area contributed by atoms with Crippen LogP contribution in [0, 0.1) is 0 Å². The van der Waals surface area contributed by atoms with Crippen molar-refractivity contribution in [3.8, 4) is 0 Å². The molecule has 1 saturated heterocycles. The SMILES string of the molecule is CC1CCCN1C(=O)CN.CCCCC/C=C\CC(NC=O)C(=O)N/C(=N/N)NN.O=C(O)N1Cc2ccccc2C1. The predicted octanol–water partition coefficient (Wildman–Crippen LogP) is 1.07. The molecule has 14 nitrogen and oxygen atoms in total. The Bertz CT molecular complexity index is 1030. The van der Waals surface area contributed by atoms with E-state index in [9.17, 15) is 19.2 Å². The number of nitrogens with two attached hydrogens (primary N) is 3. The van der Waals surface area contributed by atoms with Gasteiger partial charge in [-0.15, -0.1) is 5.10 Å². The van der Waals surface area contributed by atoms with Crippen molar-refractivity contribution in [2.24, 2.45) is 22.5 Å². The molecule has 14 heteroatoms. The monoisotopic (exact) mass is 589 g/mol. The van der Waals surface area contributed by atoms with Crippen LogP contribution in [0.4, 0.5) is 4.79 Å². The molecule has 42 heavy (non-hydrogen) atoms. The first kappa shape index (κ1) is 35.9. The van der Waals surface area contributed by atoms with Gasteiger partial charge in [-0.2, -0.15) is 0 Å². The molecule has 0 aliphatic carbocycles. The molecule has 0 spiro atoms. The lowest BCUT2D eigenvalue weighted by molar-refractivity contribution is -0.130. The quantitative estimate of drug-likeness (QED) is 0.0394. The van der Waals surface area contributed by atoms with Crippen LogP contribution in [0.15, 0.2) is 41.5 Å². The van der Waals surface area contributed by atoms with E-state index in [-0.39, 0.29) is 18.4 Å². The van der Waals surface area contributed by atoms with Crippen molar-refractivity contribution in [2.45, 2.75) is 84.0 Å². The fourth-order valence-corrected chi connectivity index (χ4v) is 4.39. The molecule has 234 valence electrons. The molecular weight excluding hydrogens is 542 g/mol. The first-order valence-electron chi connectivity index (χ1n) is 14.2. The summed E-state index contributed by atoms with van der Waals surface area (Å²) in [4.78, 5) is 47.2. The van der Waals surface area contributed by atoms with Gasteiger partial charge in [0.15, 0.2) is 0 Å². The van der Waals surface area contributed by atoms with E-state index in [1.807, 2.05) is 41.3 Å². The molecule has 0 radical (unpaired) electrons. The van der Waals surface area contributed by atoms with E-state index < -0.39 is 18.0 Å². The Balaban J connectivity index is 0.000000338. The third-order valence-corrected chi connectivity index (χ3v) is 6.77. The van der Waals surface area contributed by atoms with E-state index in [1.54, 1.807) is 0 Å². The molecule has 1 aromatic rings. The number of nitrogens with zero attached hydrogens (tertiary/aromatic N) is 3. The largest absolute Gasteiger partial charge is 0.465 e. The van der Waals surface area contributed by atoms with Crippen LogP contribution in [0.5, 0.6) is 0 Å². The lowest BCUT2D eigenvalue weighted by Crippen LogP contribution is -2.51. The second-order valence-electron chi connectivity index (χ2n) is 9.84. The number of nitrogens with one attached hydrogen (secondary N) is 3. The molecule has 2 aliphatic heterocycles. The highest BCUT2D eigenvalue weighted by atomic mass is 16.4. The molecule has 2 unspecified atom stereocenters. The fraction of sp³-hybridized carbons (Fsp3) is 0.536. The maximum atomic E-state index is 11.8. The van der Waals surface area contributed by atoms with E-state index in [1.165, 1.54) is 17.7 Å². The zero-order valence-electron chi connectivity index (χ0n) is 24.6. The van der Waals surface area contributed by atoms with E-state index in [0.29, 0.717) is 32.0 Å². The highest BCUT2D eigenvalue weighted by Crippen LogP contribution is 2.21. The number of rotatable bonds is 10. The Morgan fingerprint density at radius 1 is 1.17 bits per heavy atom. The summed E-state index contributed by atoms with van der Waals surface area (Å²) in [6.45, 7) is 6.33. The van der Waals surface area contributed by atoms with Gasteiger partial charge in [-0.1, -0.05) is 56.2 Å². The number of carbonyl (C=O) groups is 4. The van der Waals surface area contributed by atoms with Crippen LogP contribution in [0.3, 0.4) is 0 Å². The first-order valence-corrected chi connectivity index (χ1v) is 14.2. The van der Waals surface area contributed by atoms with Gasteiger partial charge in [-0.25, -0.2) is 10.6 Å². The van der Waals surface area contributed by atoms with Crippen LogP contribution in [0.25, 0.3) is 0 Å². The van der Waals surface area contributed by atoms with Crippen LogP contribution in [-0.4, -0.2) is 70.4 Å². The Labute approximate surface area is 247 Å². The number of carboxylic acid groups (broad SMARTS) is 1. The summed E-state index contributed by atoms with van der Waals surface area (Å²) < 4.78 is 0. The van der Waals surface area contributed by atoms with Gasteiger partial charge in [0.2, 0.25) is 24.2 Å². The molecule has 2 aliphatic rings. The van der Waals surface area contributed by atoms with E-state index in [2.05, 4.69) is 35.0 Å². The summed E-state index contributed by atoms with van der Waals surface area (Å²) in [5, 5.41) is 16.7. The van der Waals surface area contributed by atoms with Gasteiger partial charge in [0.05, 0.1) is 6.54 Å². The van der Waals surface area contributed by atoms with Crippen LogP contribution >= 0.6 is 0 Å².